The van der Waals surface area contributed by atoms with E-state index in [2.05, 4.69) is 15.5 Å². The number of anilines is 1. The fourth-order valence-electron chi connectivity index (χ4n) is 5.24. The number of hydrogen-bond donors (Lipinski definition) is 2. The van der Waals surface area contributed by atoms with Gasteiger partial charge in [0.15, 0.2) is 0 Å². The maximum absolute atomic E-state index is 14.0. The zero-order chi connectivity index (χ0) is 25.8. The average molecular weight is 506 g/mol. The van der Waals surface area contributed by atoms with E-state index in [9.17, 15) is 18.4 Å². The lowest BCUT2D eigenvalue weighted by atomic mass is 9.82. The first kappa shape index (κ1) is 24.9. The van der Waals surface area contributed by atoms with Crippen LogP contribution < -0.4 is 10.6 Å². The van der Waals surface area contributed by atoms with Crippen molar-refractivity contribution in [3.05, 3.63) is 101 Å². The molecule has 5 rings (SSSR count). The predicted molar refractivity (Wildman–Crippen MR) is 136 cm³/mol. The summed E-state index contributed by atoms with van der Waals surface area (Å²) in [5.74, 6) is -1.27. The van der Waals surface area contributed by atoms with Crippen molar-refractivity contribution in [1.82, 2.24) is 10.2 Å². The molecule has 0 aromatic heterocycles. The Morgan fingerprint density at radius 3 is 2.43 bits per heavy atom. The first-order chi connectivity index (χ1) is 17.9. The van der Waals surface area contributed by atoms with E-state index in [4.69, 9.17) is 4.74 Å². The normalized spacial score (nSPS) is 17.4. The minimum atomic E-state index is -0.861. The number of benzene rings is 3. The molecule has 3 aromatic rings. The summed E-state index contributed by atoms with van der Waals surface area (Å²) in [6, 6.07) is 20.1. The molecule has 2 aliphatic heterocycles. The predicted octanol–water partition coefficient (Wildman–Crippen LogP) is 5.31. The Hall–Kier alpha value is -3.78. The van der Waals surface area contributed by atoms with Crippen molar-refractivity contribution in [3.8, 4) is 0 Å². The number of ether oxygens (including phenoxy) is 1. The molecule has 192 valence electrons. The van der Waals surface area contributed by atoms with Crippen molar-refractivity contribution in [2.45, 2.75) is 37.3 Å². The summed E-state index contributed by atoms with van der Waals surface area (Å²) in [5.41, 5.74) is 2.15. The second-order valence-electron chi connectivity index (χ2n) is 9.64. The first-order valence-electron chi connectivity index (χ1n) is 12.5. The number of amides is 2. The number of rotatable bonds is 7. The lowest BCUT2D eigenvalue weighted by Crippen LogP contribution is -2.48. The van der Waals surface area contributed by atoms with E-state index in [0.29, 0.717) is 56.7 Å². The van der Waals surface area contributed by atoms with Gasteiger partial charge in [0.25, 0.3) is 0 Å². The number of hydrogen-bond acceptors (Lipinski definition) is 4. The Balaban J connectivity index is 1.25. The Kier molecular flexibility index (Phi) is 7.19. The van der Waals surface area contributed by atoms with E-state index in [1.165, 1.54) is 24.3 Å². The van der Waals surface area contributed by atoms with Gasteiger partial charge in [0.1, 0.15) is 17.2 Å². The third kappa shape index (κ3) is 5.64. The van der Waals surface area contributed by atoms with Gasteiger partial charge in [0.2, 0.25) is 5.91 Å². The zero-order valence-electron chi connectivity index (χ0n) is 20.4. The van der Waals surface area contributed by atoms with Gasteiger partial charge in [0.05, 0.1) is 11.6 Å². The number of fused-ring (bicyclic) bond motifs is 2. The molecule has 1 atom stereocenters. The quantitative estimate of drug-likeness (QED) is 0.457. The molecule has 1 unspecified atom stereocenters. The van der Waals surface area contributed by atoms with E-state index in [-0.39, 0.29) is 17.5 Å². The molecule has 0 bridgehead atoms. The summed E-state index contributed by atoms with van der Waals surface area (Å²) in [4.78, 5) is 27.6. The van der Waals surface area contributed by atoms with Crippen molar-refractivity contribution in [2.24, 2.45) is 0 Å². The van der Waals surface area contributed by atoms with Gasteiger partial charge in [-0.05, 0) is 54.4 Å². The number of nitrogens with zero attached hydrogens (tertiary/aromatic N) is 1. The van der Waals surface area contributed by atoms with Crippen LogP contribution in [0.3, 0.4) is 0 Å². The van der Waals surface area contributed by atoms with Gasteiger partial charge < -0.3 is 15.0 Å². The number of carbonyl (C=O) groups excluding carboxylic acids is 2. The number of piperidine rings is 1. The van der Waals surface area contributed by atoms with Crippen molar-refractivity contribution >= 4 is 17.7 Å². The fraction of sp³-hybridized carbons (Fsp3) is 0.310. The molecule has 2 heterocycles. The zero-order valence-corrected chi connectivity index (χ0v) is 20.4. The van der Waals surface area contributed by atoms with Crippen molar-refractivity contribution in [1.29, 1.82) is 0 Å². The largest absolute Gasteiger partial charge is 0.438 e. The lowest BCUT2D eigenvalue weighted by Gasteiger charge is -2.44. The molecule has 8 heteroatoms. The van der Waals surface area contributed by atoms with Crippen LogP contribution in [0, 0.1) is 11.6 Å². The van der Waals surface area contributed by atoms with Crippen LogP contribution in [0.5, 0.6) is 0 Å². The summed E-state index contributed by atoms with van der Waals surface area (Å²) in [7, 11) is 0. The Bertz CT molecular complexity index is 1260. The topological polar surface area (TPSA) is 70.7 Å². The monoisotopic (exact) mass is 505 g/mol. The third-order valence-corrected chi connectivity index (χ3v) is 7.29. The Morgan fingerprint density at radius 1 is 1.00 bits per heavy atom. The molecular formula is C29H29F2N3O3. The summed E-state index contributed by atoms with van der Waals surface area (Å²) < 4.78 is 33.3. The molecule has 1 spiro atoms. The molecule has 0 radical (unpaired) electrons. The van der Waals surface area contributed by atoms with Crippen LogP contribution >= 0.6 is 0 Å². The molecule has 1 saturated heterocycles. The molecule has 0 saturated carbocycles. The Labute approximate surface area is 214 Å². The van der Waals surface area contributed by atoms with Crippen molar-refractivity contribution in [3.63, 3.8) is 0 Å². The highest BCUT2D eigenvalue weighted by molar-refractivity contribution is 5.89. The van der Waals surface area contributed by atoms with Crippen LogP contribution in [0.1, 0.15) is 41.9 Å². The van der Waals surface area contributed by atoms with E-state index in [0.717, 1.165) is 11.1 Å². The molecule has 2 amide bonds. The minimum Gasteiger partial charge on any atom is -0.438 e. The van der Waals surface area contributed by atoms with Crippen LogP contribution in [0.15, 0.2) is 72.8 Å². The molecule has 6 nitrogen and oxygen atoms in total. The fourth-order valence-corrected chi connectivity index (χ4v) is 5.24. The standard InChI is InChI=1S/C29H29F2N3O3/c30-22-8-6-21(7-9-22)24(27(35)32-19-20-4-2-1-3-5-20)12-15-34-16-13-29(14-17-34)25-18-23(31)10-11-26(25)33-28(36)37-29/h1-11,18,24H,12-17,19H2,(H,32,35)(H,33,36). The van der Waals surface area contributed by atoms with Crippen LogP contribution in [0.4, 0.5) is 19.3 Å². The summed E-state index contributed by atoms with van der Waals surface area (Å²) in [6.07, 6.45) is 1.07. The van der Waals surface area contributed by atoms with Gasteiger partial charge >= 0.3 is 6.09 Å². The first-order valence-corrected chi connectivity index (χ1v) is 12.5. The van der Waals surface area contributed by atoms with Crippen LogP contribution in [-0.2, 0) is 21.7 Å². The molecular weight excluding hydrogens is 476 g/mol. The van der Waals surface area contributed by atoms with E-state index >= 15 is 0 Å². The van der Waals surface area contributed by atoms with E-state index < -0.39 is 17.6 Å². The van der Waals surface area contributed by atoms with Gasteiger partial charge in [-0.15, -0.1) is 0 Å². The molecule has 0 aliphatic carbocycles. The molecule has 3 aromatic carbocycles. The molecule has 37 heavy (non-hydrogen) atoms. The third-order valence-electron chi connectivity index (χ3n) is 7.29. The highest BCUT2D eigenvalue weighted by Gasteiger charge is 2.44. The smallest absolute Gasteiger partial charge is 0.412 e. The number of nitrogens with one attached hydrogen (secondary N) is 2. The van der Waals surface area contributed by atoms with Gasteiger partial charge in [0, 0.05) is 38.0 Å². The average Bonchev–Trinajstić information content (AvgIpc) is 2.91. The van der Waals surface area contributed by atoms with E-state index in [1.807, 2.05) is 30.3 Å². The van der Waals surface area contributed by atoms with Crippen molar-refractivity contribution in [2.75, 3.05) is 25.0 Å². The number of likely N-dealkylation sites (tertiary alicyclic amines) is 1. The Morgan fingerprint density at radius 2 is 1.70 bits per heavy atom. The number of carbonyl (C=O) groups is 2. The SMILES string of the molecule is O=C1Nc2ccc(F)cc2C2(CCN(CCC(C(=O)NCc3ccccc3)c3ccc(F)cc3)CC2)O1. The minimum absolute atomic E-state index is 0.111. The molecule has 2 N–H and O–H groups in total. The summed E-state index contributed by atoms with van der Waals surface area (Å²) in [6.45, 7) is 2.31. The summed E-state index contributed by atoms with van der Waals surface area (Å²) >= 11 is 0. The van der Waals surface area contributed by atoms with E-state index in [1.54, 1.807) is 18.2 Å². The van der Waals surface area contributed by atoms with Gasteiger partial charge in [-0.3, -0.25) is 10.1 Å². The maximum Gasteiger partial charge on any atom is 0.412 e. The van der Waals surface area contributed by atoms with Gasteiger partial charge in [-0.25, -0.2) is 13.6 Å². The van der Waals surface area contributed by atoms with Crippen LogP contribution in [0.2, 0.25) is 0 Å². The lowest BCUT2D eigenvalue weighted by molar-refractivity contribution is -0.123. The highest BCUT2D eigenvalue weighted by Crippen LogP contribution is 2.43. The molecule has 1 fully saturated rings. The van der Waals surface area contributed by atoms with Crippen LogP contribution in [0.25, 0.3) is 0 Å². The summed E-state index contributed by atoms with van der Waals surface area (Å²) in [5, 5.41) is 5.67. The van der Waals surface area contributed by atoms with Crippen molar-refractivity contribution < 1.29 is 23.1 Å². The molecule has 2 aliphatic rings. The van der Waals surface area contributed by atoms with Gasteiger partial charge in [-0.2, -0.15) is 0 Å². The maximum atomic E-state index is 14.0. The second-order valence-corrected chi connectivity index (χ2v) is 9.64. The number of halogens is 2. The van der Waals surface area contributed by atoms with Crippen LogP contribution in [-0.4, -0.2) is 36.5 Å². The van der Waals surface area contributed by atoms with Gasteiger partial charge in [-0.1, -0.05) is 42.5 Å². The second kappa shape index (κ2) is 10.7. The highest BCUT2D eigenvalue weighted by atomic mass is 19.1.